The van der Waals surface area contributed by atoms with Gasteiger partial charge in [-0.25, -0.2) is 0 Å². The smallest absolute Gasteiger partial charge is 0.273 e. The number of carbonyl (C=O) groups is 1. The van der Waals surface area contributed by atoms with Crippen molar-refractivity contribution in [1.82, 2.24) is 15.1 Å². The van der Waals surface area contributed by atoms with Gasteiger partial charge in [0.2, 0.25) is 0 Å². The normalized spacial score (nSPS) is 15.0. The van der Waals surface area contributed by atoms with Crippen molar-refractivity contribution in [2.24, 2.45) is 0 Å². The Balaban J connectivity index is 1.83. The van der Waals surface area contributed by atoms with Gasteiger partial charge in [-0.1, -0.05) is 31.0 Å². The van der Waals surface area contributed by atoms with Gasteiger partial charge in [-0.05, 0) is 50.1 Å². The number of carbonyl (C=O) groups excluding carboxylic acids is 1. The minimum atomic E-state index is -0.507. The maximum Gasteiger partial charge on any atom is 0.273 e. The van der Waals surface area contributed by atoms with Crippen molar-refractivity contribution in [3.8, 4) is 28.5 Å². The highest BCUT2D eigenvalue weighted by atomic mass is 16.5. The van der Waals surface area contributed by atoms with Crippen LogP contribution in [0.1, 0.15) is 59.9 Å². The van der Waals surface area contributed by atoms with E-state index in [1.165, 1.54) is 0 Å². The van der Waals surface area contributed by atoms with Gasteiger partial charge in [0.05, 0.1) is 25.9 Å². The molecule has 1 amide bonds. The van der Waals surface area contributed by atoms with E-state index in [2.05, 4.69) is 17.1 Å². The Morgan fingerprint density at radius 3 is 2.68 bits per heavy atom. The van der Waals surface area contributed by atoms with Crippen molar-refractivity contribution in [1.29, 1.82) is 0 Å². The number of hydrogen-bond acceptors (Lipinski definition) is 6. The molecule has 4 rings (SSSR count). The summed E-state index contributed by atoms with van der Waals surface area (Å²) in [4.78, 5) is 14.9. The molecule has 0 saturated carbocycles. The average molecular weight is 466 g/mol. The molecule has 0 spiro atoms. The lowest BCUT2D eigenvalue weighted by Gasteiger charge is -2.26. The van der Waals surface area contributed by atoms with Gasteiger partial charge in [0, 0.05) is 17.7 Å². The molecule has 3 aromatic rings. The Hall–Kier alpha value is -3.52. The zero-order valence-corrected chi connectivity index (χ0v) is 19.8. The van der Waals surface area contributed by atoms with Crippen molar-refractivity contribution in [3.63, 3.8) is 0 Å². The van der Waals surface area contributed by atoms with Crippen LogP contribution in [0.2, 0.25) is 0 Å². The van der Waals surface area contributed by atoms with Crippen LogP contribution in [0.25, 0.3) is 11.3 Å². The number of aliphatic hydroxyl groups excluding tert-OH is 1. The third kappa shape index (κ3) is 4.33. The molecule has 3 N–H and O–H groups in total. The van der Waals surface area contributed by atoms with Crippen molar-refractivity contribution in [2.45, 2.75) is 39.7 Å². The molecule has 0 fully saturated rings. The Morgan fingerprint density at radius 2 is 1.94 bits per heavy atom. The number of ether oxygens (including phenoxy) is 2. The molecule has 0 aliphatic carbocycles. The number of aliphatic hydroxyl groups is 1. The number of aromatic nitrogens is 2. The van der Waals surface area contributed by atoms with Gasteiger partial charge in [0.25, 0.3) is 5.91 Å². The van der Waals surface area contributed by atoms with Gasteiger partial charge < -0.3 is 24.6 Å². The van der Waals surface area contributed by atoms with Crippen LogP contribution in [0, 0.1) is 6.92 Å². The number of benzene rings is 2. The fourth-order valence-electron chi connectivity index (χ4n) is 4.34. The standard InChI is InChI=1S/C26H31N3O5/c1-4-6-13-34-20-10-8-17(15-21(20)33-5-2)25-22-23(18-14-16(3)7-9-19(18)31)27-28-24(22)26(32)29(25)11-12-30/h7-10,14-15,25,30-31H,4-6,11-13H2,1-3H3,(H,27,28)/t25-/m0/s1. The van der Waals surface area contributed by atoms with E-state index in [0.29, 0.717) is 47.2 Å². The first-order valence-corrected chi connectivity index (χ1v) is 11.7. The number of aryl methyl sites for hydroxylation is 1. The number of phenolic OH excluding ortho intramolecular Hbond substituents is 1. The lowest BCUT2D eigenvalue weighted by atomic mass is 9.95. The molecule has 0 radical (unpaired) electrons. The number of rotatable bonds is 10. The van der Waals surface area contributed by atoms with Crippen LogP contribution in [0.3, 0.4) is 0 Å². The van der Waals surface area contributed by atoms with E-state index in [-0.39, 0.29) is 24.8 Å². The Bertz CT molecular complexity index is 1170. The Labute approximate surface area is 199 Å². The summed E-state index contributed by atoms with van der Waals surface area (Å²) < 4.78 is 11.8. The average Bonchev–Trinajstić information content (AvgIpc) is 3.36. The number of H-pyrrole nitrogens is 1. The highest BCUT2D eigenvalue weighted by Crippen LogP contribution is 2.45. The lowest BCUT2D eigenvalue weighted by Crippen LogP contribution is -2.32. The summed E-state index contributed by atoms with van der Waals surface area (Å²) >= 11 is 0. The molecule has 34 heavy (non-hydrogen) atoms. The number of aromatic amines is 1. The fraction of sp³-hybridized carbons (Fsp3) is 0.385. The van der Waals surface area contributed by atoms with E-state index < -0.39 is 6.04 Å². The number of phenols is 1. The molecule has 1 aliphatic rings. The largest absolute Gasteiger partial charge is 0.507 e. The third-order valence-corrected chi connectivity index (χ3v) is 5.95. The molecule has 8 nitrogen and oxygen atoms in total. The topological polar surface area (TPSA) is 108 Å². The fourth-order valence-corrected chi connectivity index (χ4v) is 4.34. The van der Waals surface area contributed by atoms with Gasteiger partial charge >= 0.3 is 0 Å². The summed E-state index contributed by atoms with van der Waals surface area (Å²) in [5.41, 5.74) is 3.85. The maximum atomic E-state index is 13.2. The van der Waals surface area contributed by atoms with Crippen LogP contribution in [-0.2, 0) is 0 Å². The van der Waals surface area contributed by atoms with Gasteiger partial charge in [0.1, 0.15) is 17.1 Å². The molecule has 180 valence electrons. The maximum absolute atomic E-state index is 13.2. The summed E-state index contributed by atoms with van der Waals surface area (Å²) in [7, 11) is 0. The molecule has 2 heterocycles. The first-order valence-electron chi connectivity index (χ1n) is 11.7. The van der Waals surface area contributed by atoms with Crippen molar-refractivity contribution < 1.29 is 24.5 Å². The van der Waals surface area contributed by atoms with Gasteiger partial charge in [-0.3, -0.25) is 9.89 Å². The first-order chi connectivity index (χ1) is 16.5. The number of β-amino-alcohol motifs (C(OH)–C–C–N with tert-alkyl or cyclic N) is 1. The first kappa shape index (κ1) is 23.6. The highest BCUT2D eigenvalue weighted by Gasteiger charge is 2.42. The van der Waals surface area contributed by atoms with Crippen molar-refractivity contribution in [3.05, 3.63) is 58.8 Å². The van der Waals surface area contributed by atoms with Crippen LogP contribution in [0.15, 0.2) is 36.4 Å². The predicted octanol–water partition coefficient (Wildman–Crippen LogP) is 4.21. The number of amides is 1. The summed E-state index contributed by atoms with van der Waals surface area (Å²) in [6, 6.07) is 10.4. The van der Waals surface area contributed by atoms with Crippen LogP contribution in [0.4, 0.5) is 0 Å². The van der Waals surface area contributed by atoms with Gasteiger partial charge in [-0.2, -0.15) is 5.10 Å². The summed E-state index contributed by atoms with van der Waals surface area (Å²) in [6.45, 7) is 6.99. The highest BCUT2D eigenvalue weighted by molar-refractivity contribution is 6.00. The third-order valence-electron chi connectivity index (χ3n) is 5.95. The number of unbranched alkanes of at least 4 members (excludes halogenated alkanes) is 1. The van der Waals surface area contributed by atoms with E-state index in [1.54, 1.807) is 11.0 Å². The molecule has 0 saturated heterocycles. The van der Waals surface area contributed by atoms with E-state index in [0.717, 1.165) is 24.0 Å². The SMILES string of the molecule is CCCCOc1ccc([C@H]2c3c(-c4cc(C)ccc4O)n[nH]c3C(=O)N2CCO)cc1OCC. The summed E-state index contributed by atoms with van der Waals surface area (Å²) in [5, 5.41) is 27.5. The van der Waals surface area contributed by atoms with Gasteiger partial charge in [-0.15, -0.1) is 0 Å². The Kier molecular flexibility index (Phi) is 7.07. The van der Waals surface area contributed by atoms with E-state index >= 15 is 0 Å². The van der Waals surface area contributed by atoms with Gasteiger partial charge in [0.15, 0.2) is 11.5 Å². The van der Waals surface area contributed by atoms with Crippen LogP contribution < -0.4 is 9.47 Å². The Morgan fingerprint density at radius 1 is 1.12 bits per heavy atom. The number of aromatic hydroxyl groups is 1. The van der Waals surface area contributed by atoms with E-state index in [9.17, 15) is 15.0 Å². The molecular formula is C26H31N3O5. The zero-order chi connectivity index (χ0) is 24.2. The minimum absolute atomic E-state index is 0.0846. The molecule has 2 aromatic carbocycles. The number of hydrogen-bond donors (Lipinski definition) is 3. The second-order valence-electron chi connectivity index (χ2n) is 8.35. The molecule has 0 unspecified atom stereocenters. The van der Waals surface area contributed by atoms with Crippen LogP contribution in [0.5, 0.6) is 17.2 Å². The lowest BCUT2D eigenvalue weighted by molar-refractivity contribution is 0.0706. The molecule has 0 bridgehead atoms. The summed E-state index contributed by atoms with van der Waals surface area (Å²) in [6.07, 6.45) is 1.97. The van der Waals surface area contributed by atoms with Crippen molar-refractivity contribution in [2.75, 3.05) is 26.4 Å². The zero-order valence-electron chi connectivity index (χ0n) is 19.8. The second kappa shape index (κ2) is 10.2. The number of fused-ring (bicyclic) bond motifs is 1. The monoisotopic (exact) mass is 465 g/mol. The van der Waals surface area contributed by atoms with Crippen molar-refractivity contribution >= 4 is 5.91 Å². The molecular weight excluding hydrogens is 434 g/mol. The summed E-state index contributed by atoms with van der Waals surface area (Å²) in [5.74, 6) is 1.09. The van der Waals surface area contributed by atoms with Crippen LogP contribution >= 0.6 is 0 Å². The number of nitrogens with zero attached hydrogens (tertiary/aromatic N) is 2. The molecule has 1 aromatic heterocycles. The predicted molar refractivity (Wildman–Crippen MR) is 128 cm³/mol. The molecule has 1 atom stereocenters. The van der Waals surface area contributed by atoms with E-state index in [4.69, 9.17) is 9.47 Å². The molecule has 1 aliphatic heterocycles. The number of nitrogens with one attached hydrogen (secondary N) is 1. The quantitative estimate of drug-likeness (QED) is 0.387. The molecule has 8 heteroatoms. The van der Waals surface area contributed by atoms with E-state index in [1.807, 2.05) is 44.2 Å². The minimum Gasteiger partial charge on any atom is -0.507 e. The van der Waals surface area contributed by atoms with Crippen LogP contribution in [-0.4, -0.2) is 57.6 Å². The second-order valence-corrected chi connectivity index (χ2v) is 8.35.